The molecule has 138 valence electrons. The summed E-state index contributed by atoms with van der Waals surface area (Å²) in [5.74, 6) is -3.59. The third-order valence-corrected chi connectivity index (χ3v) is 5.27. The fraction of sp³-hybridized carbons (Fsp3) is 1.00. The van der Waals surface area contributed by atoms with Crippen molar-refractivity contribution in [3.8, 4) is 0 Å². The van der Waals surface area contributed by atoms with E-state index in [-0.39, 0.29) is 6.61 Å². The first-order chi connectivity index (χ1) is 10.0. The summed E-state index contributed by atoms with van der Waals surface area (Å²) >= 11 is 0. The molecule has 0 saturated carbocycles. The molecule has 0 amide bonds. The Morgan fingerprint density at radius 3 is 2.00 bits per heavy atom. The van der Waals surface area contributed by atoms with E-state index >= 15 is 0 Å². The highest BCUT2D eigenvalue weighted by Crippen LogP contribution is 2.41. The largest absolute Gasteiger partial charge is 0.415 e. The molecule has 1 unspecified atom stereocenters. The first-order valence-electron chi connectivity index (χ1n) is 7.24. The van der Waals surface area contributed by atoms with Gasteiger partial charge in [0.15, 0.2) is 16.6 Å². The number of hydrogen-bond donors (Lipinski definition) is 0. The second-order valence-electron chi connectivity index (χ2n) is 7.56. The molecule has 0 aliphatic carbocycles. The van der Waals surface area contributed by atoms with Gasteiger partial charge in [-0.05, 0) is 39.3 Å². The highest BCUT2D eigenvalue weighted by Gasteiger charge is 2.62. The lowest BCUT2D eigenvalue weighted by molar-refractivity contribution is -0.181. The van der Waals surface area contributed by atoms with Gasteiger partial charge in [-0.3, -0.25) is 0 Å². The van der Waals surface area contributed by atoms with E-state index in [9.17, 15) is 17.2 Å². The molecule has 11 heteroatoms. The van der Waals surface area contributed by atoms with Crippen LogP contribution in [-0.4, -0.2) is 62.3 Å². The van der Waals surface area contributed by atoms with Gasteiger partial charge in [0.05, 0.1) is 12.9 Å². The van der Waals surface area contributed by atoms with Gasteiger partial charge >= 0.3 is 5.92 Å². The summed E-state index contributed by atoms with van der Waals surface area (Å²) < 4.78 is 72.2. The van der Waals surface area contributed by atoms with Crippen molar-refractivity contribution in [2.24, 2.45) is 0 Å². The summed E-state index contributed by atoms with van der Waals surface area (Å²) in [6, 6.07) is 0. The Hall–Kier alpha value is 0.0838. The van der Waals surface area contributed by atoms with E-state index in [1.807, 2.05) is 19.6 Å². The maximum Gasteiger partial charge on any atom is 0.325 e. The summed E-state index contributed by atoms with van der Waals surface area (Å²) in [5.41, 5.74) is 0. The van der Waals surface area contributed by atoms with Crippen LogP contribution in [0, 0.1) is 0 Å². The Morgan fingerprint density at radius 1 is 1.09 bits per heavy atom. The molecule has 0 aromatic carbocycles. The van der Waals surface area contributed by atoms with Crippen molar-refractivity contribution in [2.75, 3.05) is 12.9 Å². The lowest BCUT2D eigenvalue weighted by Crippen LogP contribution is -2.49. The van der Waals surface area contributed by atoms with Crippen LogP contribution < -0.4 is 0 Å². The second-order valence-corrected chi connectivity index (χ2v) is 18.1. The van der Waals surface area contributed by atoms with Crippen molar-refractivity contribution in [2.45, 2.75) is 63.7 Å². The number of ether oxygens (including phenoxy) is 1. The van der Waals surface area contributed by atoms with E-state index in [1.54, 1.807) is 19.6 Å². The highest BCUT2D eigenvalue weighted by molar-refractivity contribution is 7.86. The predicted octanol–water partition coefficient (Wildman–Crippen LogP) is 2.39. The molecule has 1 aliphatic rings. The number of hydrogen-bond acceptors (Lipinski definition) is 6. The molecule has 0 spiro atoms. The lowest BCUT2D eigenvalue weighted by Gasteiger charge is -2.30. The van der Waals surface area contributed by atoms with E-state index < -0.39 is 51.2 Å². The van der Waals surface area contributed by atoms with Gasteiger partial charge in [-0.1, -0.05) is 0 Å². The SMILES string of the molecule is C[Si](C)(C)OC[C@H]1OC(OS(C)(=O)=O)C(F)(F)[C@@H]1O[Si](C)(C)C. The third kappa shape index (κ3) is 6.84. The van der Waals surface area contributed by atoms with E-state index in [0.29, 0.717) is 6.26 Å². The van der Waals surface area contributed by atoms with Gasteiger partial charge in [-0.15, -0.1) is 0 Å². The molecule has 0 aromatic rings. The van der Waals surface area contributed by atoms with Gasteiger partial charge in [-0.2, -0.15) is 17.2 Å². The van der Waals surface area contributed by atoms with Crippen LogP contribution in [0.25, 0.3) is 0 Å². The van der Waals surface area contributed by atoms with Crippen LogP contribution in [0.15, 0.2) is 0 Å². The molecule has 0 bridgehead atoms. The smallest absolute Gasteiger partial charge is 0.325 e. The van der Waals surface area contributed by atoms with Crippen LogP contribution in [-0.2, 0) is 27.9 Å². The summed E-state index contributed by atoms with van der Waals surface area (Å²) in [6.07, 6.45) is -4.19. The Bertz CT molecular complexity index is 515. The Labute approximate surface area is 138 Å². The zero-order chi connectivity index (χ0) is 18.3. The Kier molecular flexibility index (Phi) is 6.22. The normalized spacial score (nSPS) is 29.0. The molecular weight excluding hydrogens is 366 g/mol. The van der Waals surface area contributed by atoms with Gasteiger partial charge in [0, 0.05) is 0 Å². The average Bonchev–Trinajstić information content (AvgIpc) is 2.45. The van der Waals surface area contributed by atoms with Crippen molar-refractivity contribution < 1.29 is 35.0 Å². The van der Waals surface area contributed by atoms with E-state index in [2.05, 4.69) is 4.18 Å². The highest BCUT2D eigenvalue weighted by atomic mass is 32.2. The van der Waals surface area contributed by atoms with E-state index in [1.165, 1.54) is 0 Å². The van der Waals surface area contributed by atoms with Crippen molar-refractivity contribution in [1.82, 2.24) is 0 Å². The maximum atomic E-state index is 14.5. The minimum atomic E-state index is -4.09. The Balaban J connectivity index is 3.01. The van der Waals surface area contributed by atoms with Crippen LogP contribution in [0.2, 0.25) is 39.3 Å². The van der Waals surface area contributed by atoms with Crippen LogP contribution in [0.3, 0.4) is 0 Å². The lowest BCUT2D eigenvalue weighted by atomic mass is 10.1. The molecule has 0 radical (unpaired) electrons. The van der Waals surface area contributed by atoms with E-state index in [0.717, 1.165) is 0 Å². The predicted molar refractivity (Wildman–Crippen MR) is 87.1 cm³/mol. The quantitative estimate of drug-likeness (QED) is 0.489. The number of alkyl halides is 2. The molecule has 1 aliphatic heterocycles. The van der Waals surface area contributed by atoms with Gasteiger partial charge < -0.3 is 13.6 Å². The fourth-order valence-corrected chi connectivity index (χ4v) is 4.17. The first kappa shape index (κ1) is 21.1. The topological polar surface area (TPSA) is 71.1 Å². The molecule has 1 rings (SSSR count). The van der Waals surface area contributed by atoms with Gasteiger partial charge in [0.2, 0.25) is 6.29 Å². The fourth-order valence-electron chi connectivity index (χ4n) is 1.94. The van der Waals surface area contributed by atoms with Crippen molar-refractivity contribution >= 4 is 26.8 Å². The van der Waals surface area contributed by atoms with Gasteiger partial charge in [0.1, 0.15) is 12.2 Å². The number of rotatable bonds is 7. The van der Waals surface area contributed by atoms with Crippen molar-refractivity contribution in [1.29, 1.82) is 0 Å². The van der Waals surface area contributed by atoms with Crippen LogP contribution >= 0.6 is 0 Å². The molecule has 0 aromatic heterocycles. The van der Waals surface area contributed by atoms with Crippen molar-refractivity contribution in [3.05, 3.63) is 0 Å². The van der Waals surface area contributed by atoms with Crippen LogP contribution in [0.4, 0.5) is 8.78 Å². The monoisotopic (exact) mass is 392 g/mol. The summed E-state index contributed by atoms with van der Waals surface area (Å²) in [5, 5.41) is 0. The molecule has 1 heterocycles. The van der Waals surface area contributed by atoms with Crippen molar-refractivity contribution in [3.63, 3.8) is 0 Å². The average molecular weight is 393 g/mol. The van der Waals surface area contributed by atoms with Gasteiger partial charge in [-0.25, -0.2) is 4.18 Å². The molecule has 6 nitrogen and oxygen atoms in total. The van der Waals surface area contributed by atoms with Gasteiger partial charge in [0.25, 0.3) is 10.1 Å². The zero-order valence-corrected chi connectivity index (χ0v) is 17.4. The number of halogens is 2. The Morgan fingerprint density at radius 2 is 1.61 bits per heavy atom. The summed E-state index contributed by atoms with van der Waals surface area (Å²) in [7, 11) is -8.38. The minimum Gasteiger partial charge on any atom is -0.415 e. The molecular formula is C12H26F2O6SSi2. The summed E-state index contributed by atoms with van der Waals surface area (Å²) in [6.45, 7) is 11.0. The first-order valence-corrected chi connectivity index (χ1v) is 15.9. The minimum absolute atomic E-state index is 0.0932. The molecule has 3 atom stereocenters. The summed E-state index contributed by atoms with van der Waals surface area (Å²) in [4.78, 5) is 0. The molecule has 1 saturated heterocycles. The molecule has 0 N–H and O–H groups in total. The van der Waals surface area contributed by atoms with Crippen LogP contribution in [0.5, 0.6) is 0 Å². The maximum absolute atomic E-state index is 14.5. The van der Waals surface area contributed by atoms with E-state index in [4.69, 9.17) is 13.6 Å². The zero-order valence-electron chi connectivity index (χ0n) is 14.6. The third-order valence-electron chi connectivity index (χ3n) is 2.75. The second kappa shape index (κ2) is 6.77. The molecule has 1 fully saturated rings. The standard InChI is InChI=1S/C12H26F2O6SSi2/c1-21(15,16)19-11-12(13,14)10(20-23(5,6)7)9(18-11)8-17-22(2,3)4/h9-11H,8H2,1-7H3/t9-,10-,11?/m1/s1. The molecule has 23 heavy (non-hydrogen) atoms. The van der Waals surface area contributed by atoms with Crippen LogP contribution in [0.1, 0.15) is 0 Å².